The van der Waals surface area contributed by atoms with Crippen molar-refractivity contribution in [2.45, 2.75) is 12.8 Å². The Morgan fingerprint density at radius 2 is 1.52 bits per heavy atom. The Labute approximate surface area is 124 Å². The Balaban J connectivity index is 1.79. The summed E-state index contributed by atoms with van der Waals surface area (Å²) in [4.78, 5) is 0. The van der Waals surface area contributed by atoms with Gasteiger partial charge in [0.05, 0.1) is 0 Å². The molecular formula is C20H17N. The average Bonchev–Trinajstić information content (AvgIpc) is 2.55. The van der Waals surface area contributed by atoms with Gasteiger partial charge in [0, 0.05) is 16.8 Å². The van der Waals surface area contributed by atoms with Crippen LogP contribution in [0.3, 0.4) is 0 Å². The maximum Gasteiger partial charge on any atom is 0.0463 e. The van der Waals surface area contributed by atoms with Crippen LogP contribution in [0.1, 0.15) is 12.8 Å². The molecule has 102 valence electrons. The van der Waals surface area contributed by atoms with Crippen molar-refractivity contribution >= 4 is 34.3 Å². The van der Waals surface area contributed by atoms with Gasteiger partial charge in [-0.15, -0.1) is 0 Å². The molecule has 0 aliphatic heterocycles. The highest BCUT2D eigenvalue weighted by Gasteiger charge is 2.01. The van der Waals surface area contributed by atoms with Gasteiger partial charge in [-0.3, -0.25) is 0 Å². The Morgan fingerprint density at radius 3 is 2.48 bits per heavy atom. The van der Waals surface area contributed by atoms with E-state index in [1.54, 1.807) is 0 Å². The van der Waals surface area contributed by atoms with Crippen molar-refractivity contribution in [1.29, 1.82) is 0 Å². The normalized spacial score (nSPS) is 13.1. The molecule has 3 aromatic carbocycles. The number of fused-ring (bicyclic) bond motifs is 2. The third kappa shape index (κ3) is 2.31. The molecule has 0 unspecified atom stereocenters. The third-order valence-electron chi connectivity index (χ3n) is 4.05. The quantitative estimate of drug-likeness (QED) is 0.744. The van der Waals surface area contributed by atoms with E-state index in [9.17, 15) is 0 Å². The van der Waals surface area contributed by atoms with E-state index in [1.807, 2.05) is 0 Å². The first-order valence-electron chi connectivity index (χ1n) is 7.45. The van der Waals surface area contributed by atoms with Crippen LogP contribution in [-0.2, 0) is 0 Å². The van der Waals surface area contributed by atoms with Gasteiger partial charge in [0.1, 0.15) is 0 Å². The molecule has 1 aliphatic carbocycles. The monoisotopic (exact) mass is 271 g/mol. The summed E-state index contributed by atoms with van der Waals surface area (Å²) in [6.07, 6.45) is 6.94. The highest BCUT2D eigenvalue weighted by molar-refractivity contribution is 5.95. The zero-order chi connectivity index (χ0) is 14.1. The summed E-state index contributed by atoms with van der Waals surface area (Å²) in [6, 6.07) is 21.5. The van der Waals surface area contributed by atoms with Crippen molar-refractivity contribution in [3.05, 3.63) is 71.1 Å². The molecule has 3 aromatic rings. The summed E-state index contributed by atoms with van der Waals surface area (Å²) < 4.78 is 0. The summed E-state index contributed by atoms with van der Waals surface area (Å²) in [7, 11) is 0. The van der Waals surface area contributed by atoms with Crippen molar-refractivity contribution in [3.63, 3.8) is 0 Å². The minimum Gasteiger partial charge on any atom is -0.355 e. The fourth-order valence-corrected chi connectivity index (χ4v) is 2.98. The molecule has 1 heteroatoms. The summed E-state index contributed by atoms with van der Waals surface area (Å²) in [5, 5.41) is 8.78. The third-order valence-corrected chi connectivity index (χ3v) is 4.05. The molecule has 0 amide bonds. The number of hydrogen-bond acceptors (Lipinski definition) is 1. The lowest BCUT2D eigenvalue weighted by molar-refractivity contribution is 1.12. The fraction of sp³-hybridized carbons (Fsp3) is 0.100. The molecule has 0 atom stereocenters. The molecule has 0 bridgehead atoms. The van der Waals surface area contributed by atoms with Gasteiger partial charge in [0.25, 0.3) is 0 Å². The first kappa shape index (κ1) is 12.2. The van der Waals surface area contributed by atoms with Crippen LogP contribution in [0, 0.1) is 0 Å². The van der Waals surface area contributed by atoms with Crippen LogP contribution in [0.4, 0.5) is 11.4 Å². The van der Waals surface area contributed by atoms with Crippen LogP contribution >= 0.6 is 0 Å². The van der Waals surface area contributed by atoms with Crippen LogP contribution in [-0.4, -0.2) is 0 Å². The van der Waals surface area contributed by atoms with E-state index in [0.29, 0.717) is 0 Å². The van der Waals surface area contributed by atoms with Gasteiger partial charge in [0.15, 0.2) is 0 Å². The van der Waals surface area contributed by atoms with E-state index in [-0.39, 0.29) is 0 Å². The summed E-state index contributed by atoms with van der Waals surface area (Å²) in [5.74, 6) is 0. The highest BCUT2D eigenvalue weighted by atomic mass is 14.9. The number of hydrogen-bond donors (Lipinski definition) is 1. The molecule has 1 N–H and O–H groups in total. The standard InChI is InChI=1S/C20H17N/c1-2-8-17-14-18(13-12-15(17)6-1)21-20-11-5-9-16-7-3-4-10-19(16)20/h3-14,21H,1-2H2. The maximum absolute atomic E-state index is 3.56. The van der Waals surface area contributed by atoms with E-state index in [2.05, 4.69) is 78.1 Å². The van der Waals surface area contributed by atoms with Crippen molar-refractivity contribution in [3.8, 4) is 0 Å². The predicted molar refractivity (Wildman–Crippen MR) is 91.1 cm³/mol. The van der Waals surface area contributed by atoms with Crippen LogP contribution in [0.25, 0.3) is 22.9 Å². The predicted octanol–water partition coefficient (Wildman–Crippen LogP) is 3.94. The first-order valence-corrected chi connectivity index (χ1v) is 7.45. The molecule has 0 saturated heterocycles. The second-order valence-electron chi connectivity index (χ2n) is 5.48. The van der Waals surface area contributed by atoms with Crippen LogP contribution in [0.15, 0.2) is 60.7 Å². The van der Waals surface area contributed by atoms with Crippen LogP contribution in [0.5, 0.6) is 0 Å². The second-order valence-corrected chi connectivity index (χ2v) is 5.48. The molecule has 4 rings (SSSR count). The minimum absolute atomic E-state index is 1.14. The molecule has 0 saturated carbocycles. The Kier molecular flexibility index (Phi) is 2.97. The number of benzene rings is 3. The van der Waals surface area contributed by atoms with E-state index in [4.69, 9.17) is 0 Å². The number of nitrogens with one attached hydrogen (secondary N) is 1. The Morgan fingerprint density at radius 1 is 0.714 bits per heavy atom. The molecule has 0 fully saturated rings. The molecule has 0 radical (unpaired) electrons. The van der Waals surface area contributed by atoms with E-state index >= 15 is 0 Å². The van der Waals surface area contributed by atoms with Gasteiger partial charge in [-0.1, -0.05) is 54.6 Å². The number of anilines is 2. The van der Waals surface area contributed by atoms with Crippen molar-refractivity contribution in [2.24, 2.45) is 0 Å². The fourth-order valence-electron chi connectivity index (χ4n) is 2.98. The molecule has 21 heavy (non-hydrogen) atoms. The Hall–Kier alpha value is -2.54. The van der Waals surface area contributed by atoms with E-state index < -0.39 is 0 Å². The topological polar surface area (TPSA) is 12.0 Å². The van der Waals surface area contributed by atoms with Gasteiger partial charge >= 0.3 is 0 Å². The molecular weight excluding hydrogens is 254 g/mol. The summed E-state index contributed by atoms with van der Waals surface area (Å²) >= 11 is 0. The zero-order valence-corrected chi connectivity index (χ0v) is 11.8. The van der Waals surface area contributed by atoms with E-state index in [1.165, 1.54) is 21.2 Å². The van der Waals surface area contributed by atoms with Crippen LogP contribution < -0.4 is 15.8 Å². The largest absolute Gasteiger partial charge is 0.355 e. The highest BCUT2D eigenvalue weighted by Crippen LogP contribution is 2.25. The van der Waals surface area contributed by atoms with Gasteiger partial charge in [-0.25, -0.2) is 0 Å². The molecule has 1 nitrogen and oxygen atoms in total. The van der Waals surface area contributed by atoms with E-state index in [0.717, 1.165) is 24.2 Å². The molecule has 0 spiro atoms. The smallest absolute Gasteiger partial charge is 0.0463 e. The number of rotatable bonds is 2. The Bertz CT molecular complexity index is 917. The lowest BCUT2D eigenvalue weighted by atomic mass is 10.1. The van der Waals surface area contributed by atoms with Crippen molar-refractivity contribution in [2.75, 3.05) is 5.32 Å². The molecule has 0 aromatic heterocycles. The minimum atomic E-state index is 1.14. The SMILES string of the molecule is C1=c2ccc(Nc3cccc4ccccc34)cc2=CCC1. The van der Waals surface area contributed by atoms with Gasteiger partial charge in [-0.05, 0) is 46.9 Å². The van der Waals surface area contributed by atoms with Crippen molar-refractivity contribution in [1.82, 2.24) is 0 Å². The van der Waals surface area contributed by atoms with Crippen LogP contribution in [0.2, 0.25) is 0 Å². The first-order chi connectivity index (χ1) is 10.4. The average molecular weight is 271 g/mol. The van der Waals surface area contributed by atoms with Gasteiger partial charge in [0.2, 0.25) is 0 Å². The van der Waals surface area contributed by atoms with Crippen molar-refractivity contribution < 1.29 is 0 Å². The molecule has 0 heterocycles. The summed E-state index contributed by atoms with van der Waals surface area (Å²) in [6.45, 7) is 0. The second kappa shape index (κ2) is 5.10. The van der Waals surface area contributed by atoms with Gasteiger partial charge < -0.3 is 5.32 Å². The maximum atomic E-state index is 3.56. The zero-order valence-electron chi connectivity index (χ0n) is 11.8. The lowest BCUT2D eigenvalue weighted by Gasteiger charge is -2.10. The summed E-state index contributed by atoms with van der Waals surface area (Å²) in [5.41, 5.74) is 2.31. The lowest BCUT2D eigenvalue weighted by Crippen LogP contribution is -2.26. The molecule has 1 aliphatic rings. The van der Waals surface area contributed by atoms with Gasteiger partial charge in [-0.2, -0.15) is 0 Å².